The van der Waals surface area contributed by atoms with Crippen molar-refractivity contribution in [1.29, 1.82) is 0 Å². The summed E-state index contributed by atoms with van der Waals surface area (Å²) >= 11 is 0. The van der Waals surface area contributed by atoms with E-state index in [0.29, 0.717) is 12.2 Å². The van der Waals surface area contributed by atoms with E-state index in [1.165, 1.54) is 38.5 Å². The number of hydrogen-bond acceptors (Lipinski definition) is 2. The molecule has 0 saturated carbocycles. The maximum atomic E-state index is 11.8. The highest BCUT2D eigenvalue weighted by molar-refractivity contribution is 5.72. The predicted octanol–water partition coefficient (Wildman–Crippen LogP) is 5.74. The third-order valence-corrected chi connectivity index (χ3v) is 3.80. The summed E-state index contributed by atoms with van der Waals surface area (Å²) in [7, 11) is 0. The number of aryl methyl sites for hydroxylation is 2. The fourth-order valence-electron chi connectivity index (χ4n) is 2.39. The molecule has 21 heavy (non-hydrogen) atoms. The van der Waals surface area contributed by atoms with Crippen molar-refractivity contribution in [2.75, 3.05) is 0 Å². The number of carbonyl (C=O) groups is 1. The highest BCUT2D eigenvalue weighted by Crippen LogP contribution is 2.20. The molecule has 2 heteroatoms. The molecule has 0 atom stereocenters. The predicted molar refractivity (Wildman–Crippen MR) is 88.8 cm³/mol. The van der Waals surface area contributed by atoms with Crippen LogP contribution in [0.2, 0.25) is 0 Å². The molecule has 0 saturated heterocycles. The molecule has 1 rings (SSSR count). The van der Waals surface area contributed by atoms with Crippen LogP contribution < -0.4 is 4.74 Å². The Morgan fingerprint density at radius 1 is 0.952 bits per heavy atom. The second-order valence-corrected chi connectivity index (χ2v) is 5.97. The molecular formula is C19H30O2. The first-order valence-corrected chi connectivity index (χ1v) is 8.41. The molecule has 118 valence electrons. The average molecular weight is 290 g/mol. The fraction of sp³-hybridized carbons (Fsp3) is 0.632. The van der Waals surface area contributed by atoms with Crippen molar-refractivity contribution < 1.29 is 9.53 Å². The fourth-order valence-corrected chi connectivity index (χ4v) is 2.39. The van der Waals surface area contributed by atoms with Crippen molar-refractivity contribution >= 4 is 5.97 Å². The van der Waals surface area contributed by atoms with Gasteiger partial charge < -0.3 is 4.74 Å². The van der Waals surface area contributed by atoms with Crippen LogP contribution in [0.4, 0.5) is 0 Å². The first-order valence-electron chi connectivity index (χ1n) is 8.41. The van der Waals surface area contributed by atoms with Crippen LogP contribution in [0.3, 0.4) is 0 Å². The summed E-state index contributed by atoms with van der Waals surface area (Å²) in [5, 5.41) is 0. The monoisotopic (exact) mass is 290 g/mol. The van der Waals surface area contributed by atoms with E-state index in [-0.39, 0.29) is 5.97 Å². The van der Waals surface area contributed by atoms with E-state index >= 15 is 0 Å². The van der Waals surface area contributed by atoms with Gasteiger partial charge in [0.05, 0.1) is 0 Å². The third kappa shape index (κ3) is 7.89. The summed E-state index contributed by atoms with van der Waals surface area (Å²) in [6.45, 7) is 6.22. The quantitative estimate of drug-likeness (QED) is 0.312. The first-order chi connectivity index (χ1) is 10.1. The van der Waals surface area contributed by atoms with Gasteiger partial charge in [0.1, 0.15) is 5.75 Å². The Bertz CT molecular complexity index is 424. The highest BCUT2D eigenvalue weighted by Gasteiger charge is 2.07. The molecule has 0 bridgehead atoms. The normalized spacial score (nSPS) is 10.6. The van der Waals surface area contributed by atoms with Gasteiger partial charge in [-0.3, -0.25) is 4.79 Å². The number of rotatable bonds is 10. The van der Waals surface area contributed by atoms with Gasteiger partial charge in [0.15, 0.2) is 0 Å². The van der Waals surface area contributed by atoms with Gasteiger partial charge in [-0.1, -0.05) is 64.0 Å². The Morgan fingerprint density at radius 2 is 1.57 bits per heavy atom. The largest absolute Gasteiger partial charge is 0.426 e. The van der Waals surface area contributed by atoms with Gasteiger partial charge in [0.2, 0.25) is 0 Å². The standard InChI is InChI=1S/C19H30O2/c1-4-5-6-7-8-9-10-11-12-19(20)21-18-15-16(2)13-14-17(18)3/h13-15H,4-12H2,1-3H3. The number of hydrogen-bond donors (Lipinski definition) is 0. The first kappa shape index (κ1) is 17.7. The zero-order valence-corrected chi connectivity index (χ0v) is 13.9. The molecule has 0 spiro atoms. The van der Waals surface area contributed by atoms with Crippen LogP contribution in [-0.4, -0.2) is 5.97 Å². The molecule has 0 N–H and O–H groups in total. The molecule has 0 aromatic heterocycles. The molecule has 0 aliphatic carbocycles. The Hall–Kier alpha value is -1.31. The van der Waals surface area contributed by atoms with Gasteiger partial charge in [-0.05, 0) is 37.5 Å². The van der Waals surface area contributed by atoms with Crippen molar-refractivity contribution in [2.24, 2.45) is 0 Å². The molecule has 0 radical (unpaired) electrons. The summed E-state index contributed by atoms with van der Waals surface area (Å²) in [6, 6.07) is 5.96. The van der Waals surface area contributed by atoms with Crippen LogP contribution in [0.25, 0.3) is 0 Å². The molecule has 1 aromatic rings. The van der Waals surface area contributed by atoms with E-state index in [4.69, 9.17) is 4.74 Å². The van der Waals surface area contributed by atoms with Crippen LogP contribution in [0.1, 0.15) is 75.8 Å². The highest BCUT2D eigenvalue weighted by atomic mass is 16.5. The van der Waals surface area contributed by atoms with Gasteiger partial charge in [-0.15, -0.1) is 0 Å². The summed E-state index contributed by atoms with van der Waals surface area (Å²) in [6.07, 6.45) is 10.5. The lowest BCUT2D eigenvalue weighted by Crippen LogP contribution is -2.08. The van der Waals surface area contributed by atoms with Gasteiger partial charge in [0.25, 0.3) is 0 Å². The number of carbonyl (C=O) groups excluding carboxylic acids is 1. The van der Waals surface area contributed by atoms with Crippen LogP contribution in [0.5, 0.6) is 5.75 Å². The minimum atomic E-state index is -0.102. The van der Waals surface area contributed by atoms with Crippen LogP contribution >= 0.6 is 0 Å². The zero-order valence-electron chi connectivity index (χ0n) is 13.9. The molecular weight excluding hydrogens is 260 g/mol. The smallest absolute Gasteiger partial charge is 0.311 e. The van der Waals surface area contributed by atoms with E-state index in [9.17, 15) is 4.79 Å². The number of esters is 1. The summed E-state index contributed by atoms with van der Waals surface area (Å²) in [5.74, 6) is 0.606. The van der Waals surface area contributed by atoms with E-state index < -0.39 is 0 Å². The minimum absolute atomic E-state index is 0.102. The number of unbranched alkanes of at least 4 members (excludes halogenated alkanes) is 7. The van der Waals surface area contributed by atoms with Crippen molar-refractivity contribution in [2.45, 2.75) is 78.6 Å². The summed E-state index contributed by atoms with van der Waals surface area (Å²) < 4.78 is 5.45. The Kier molecular flexibility index (Phi) is 8.80. The lowest BCUT2D eigenvalue weighted by atomic mass is 10.1. The van der Waals surface area contributed by atoms with E-state index in [1.54, 1.807) is 0 Å². The van der Waals surface area contributed by atoms with Crippen LogP contribution in [0.15, 0.2) is 18.2 Å². The van der Waals surface area contributed by atoms with E-state index in [0.717, 1.165) is 24.0 Å². The molecule has 0 aliphatic heterocycles. The summed E-state index contributed by atoms with van der Waals surface area (Å²) in [4.78, 5) is 11.8. The zero-order chi connectivity index (χ0) is 15.5. The van der Waals surface area contributed by atoms with Crippen molar-refractivity contribution in [3.63, 3.8) is 0 Å². The molecule has 0 aliphatic rings. The molecule has 0 heterocycles. The summed E-state index contributed by atoms with van der Waals surface area (Å²) in [5.41, 5.74) is 2.14. The lowest BCUT2D eigenvalue weighted by Gasteiger charge is -2.08. The van der Waals surface area contributed by atoms with Crippen molar-refractivity contribution in [1.82, 2.24) is 0 Å². The maximum absolute atomic E-state index is 11.8. The molecule has 0 unspecified atom stereocenters. The van der Waals surface area contributed by atoms with Crippen LogP contribution in [-0.2, 0) is 4.79 Å². The third-order valence-electron chi connectivity index (χ3n) is 3.80. The number of benzene rings is 1. The average Bonchev–Trinajstić information content (AvgIpc) is 2.46. The second kappa shape index (κ2) is 10.4. The molecule has 1 aromatic carbocycles. The minimum Gasteiger partial charge on any atom is -0.426 e. The van der Waals surface area contributed by atoms with Gasteiger partial charge in [0, 0.05) is 6.42 Å². The van der Waals surface area contributed by atoms with Gasteiger partial charge >= 0.3 is 5.97 Å². The van der Waals surface area contributed by atoms with Crippen LogP contribution in [0, 0.1) is 13.8 Å². The maximum Gasteiger partial charge on any atom is 0.311 e. The Morgan fingerprint density at radius 3 is 2.24 bits per heavy atom. The Labute approximate surface area is 129 Å². The van der Waals surface area contributed by atoms with Crippen molar-refractivity contribution in [3.8, 4) is 5.75 Å². The molecule has 2 nitrogen and oxygen atoms in total. The molecule has 0 fully saturated rings. The van der Waals surface area contributed by atoms with Crippen molar-refractivity contribution in [3.05, 3.63) is 29.3 Å². The molecule has 0 amide bonds. The Balaban J connectivity index is 2.13. The number of ether oxygens (including phenoxy) is 1. The van der Waals surface area contributed by atoms with Gasteiger partial charge in [-0.2, -0.15) is 0 Å². The lowest BCUT2D eigenvalue weighted by molar-refractivity contribution is -0.134. The second-order valence-electron chi connectivity index (χ2n) is 5.97. The topological polar surface area (TPSA) is 26.3 Å². The van der Waals surface area contributed by atoms with E-state index in [1.807, 2.05) is 32.0 Å². The van der Waals surface area contributed by atoms with E-state index in [2.05, 4.69) is 6.92 Å². The SMILES string of the molecule is CCCCCCCCCCC(=O)Oc1cc(C)ccc1C. The van der Waals surface area contributed by atoms with Gasteiger partial charge in [-0.25, -0.2) is 0 Å².